The van der Waals surface area contributed by atoms with Crippen molar-refractivity contribution in [2.24, 2.45) is 0 Å². The molecule has 26 heavy (non-hydrogen) atoms. The number of unbranched alkanes of at least 4 members (excludes halogenated alkanes) is 14. The molecule has 0 saturated carbocycles. The molecule has 0 aromatic carbocycles. The van der Waals surface area contributed by atoms with E-state index >= 15 is 0 Å². The van der Waals surface area contributed by atoms with Crippen molar-refractivity contribution in [3.05, 3.63) is 23.3 Å². The first kappa shape index (κ1) is 22.7. The first-order valence-electron chi connectivity index (χ1n) is 10.8. The fourth-order valence-electron chi connectivity index (χ4n) is 3.47. The van der Waals surface area contributed by atoms with Crippen LogP contribution in [0, 0.1) is 5.82 Å². The molecule has 0 unspecified atom stereocenters. The Hall–Kier alpha value is -1.32. The predicted molar refractivity (Wildman–Crippen MR) is 106 cm³/mol. The molecule has 0 aliphatic rings. The summed E-state index contributed by atoms with van der Waals surface area (Å²) >= 11 is 0. The van der Waals surface area contributed by atoms with Crippen LogP contribution in [0.25, 0.3) is 0 Å². The minimum absolute atomic E-state index is 0.319. The molecule has 1 rings (SSSR count). The maximum atomic E-state index is 13.8. The SMILES string of the molecule is CCCCCCCCCCCCCCCCCc1c[nH]c(C(=O)O)c1F. The molecular formula is C22H38FNO2. The monoisotopic (exact) mass is 367 g/mol. The van der Waals surface area contributed by atoms with E-state index in [-0.39, 0.29) is 5.69 Å². The molecule has 3 nitrogen and oxygen atoms in total. The van der Waals surface area contributed by atoms with E-state index in [9.17, 15) is 9.18 Å². The first-order valence-corrected chi connectivity index (χ1v) is 10.8. The highest BCUT2D eigenvalue weighted by Crippen LogP contribution is 2.17. The number of carboxylic acid groups (broad SMARTS) is 1. The minimum atomic E-state index is -1.23. The average Bonchev–Trinajstić information content (AvgIpc) is 2.99. The molecule has 0 aliphatic heterocycles. The summed E-state index contributed by atoms with van der Waals surface area (Å²) in [6, 6.07) is 0. The molecule has 0 aliphatic carbocycles. The molecule has 0 amide bonds. The Morgan fingerprint density at radius 1 is 0.846 bits per heavy atom. The van der Waals surface area contributed by atoms with Gasteiger partial charge in [0.1, 0.15) is 0 Å². The van der Waals surface area contributed by atoms with Crippen molar-refractivity contribution in [2.75, 3.05) is 0 Å². The minimum Gasteiger partial charge on any atom is -0.476 e. The summed E-state index contributed by atoms with van der Waals surface area (Å²) < 4.78 is 13.8. The van der Waals surface area contributed by atoms with Gasteiger partial charge < -0.3 is 10.1 Å². The summed E-state index contributed by atoms with van der Waals surface area (Å²) in [4.78, 5) is 13.3. The van der Waals surface area contributed by atoms with E-state index in [1.165, 1.54) is 89.7 Å². The highest BCUT2D eigenvalue weighted by Gasteiger charge is 2.15. The molecule has 0 bridgehead atoms. The second-order valence-corrected chi connectivity index (χ2v) is 7.51. The molecule has 0 radical (unpaired) electrons. The fourth-order valence-corrected chi connectivity index (χ4v) is 3.47. The largest absolute Gasteiger partial charge is 0.476 e. The first-order chi connectivity index (χ1) is 12.7. The molecule has 0 spiro atoms. The second kappa shape index (κ2) is 14.8. The molecular weight excluding hydrogens is 329 g/mol. The quantitative estimate of drug-likeness (QED) is 0.284. The van der Waals surface area contributed by atoms with Crippen LogP contribution < -0.4 is 0 Å². The molecule has 2 N–H and O–H groups in total. The number of hydrogen-bond donors (Lipinski definition) is 2. The van der Waals surface area contributed by atoms with E-state index in [0.29, 0.717) is 12.0 Å². The van der Waals surface area contributed by atoms with Crippen LogP contribution in [0.1, 0.15) is 119 Å². The van der Waals surface area contributed by atoms with Crippen molar-refractivity contribution in [1.82, 2.24) is 4.98 Å². The van der Waals surface area contributed by atoms with Crippen molar-refractivity contribution in [3.63, 3.8) is 0 Å². The van der Waals surface area contributed by atoms with Crippen LogP contribution in [-0.4, -0.2) is 16.1 Å². The highest BCUT2D eigenvalue weighted by atomic mass is 19.1. The van der Waals surface area contributed by atoms with Crippen molar-refractivity contribution >= 4 is 5.97 Å². The number of hydrogen-bond acceptors (Lipinski definition) is 1. The van der Waals surface area contributed by atoms with Gasteiger partial charge in [-0.3, -0.25) is 0 Å². The summed E-state index contributed by atoms with van der Waals surface area (Å²) in [7, 11) is 0. The zero-order chi connectivity index (χ0) is 19.0. The van der Waals surface area contributed by atoms with Crippen molar-refractivity contribution in [3.8, 4) is 0 Å². The zero-order valence-electron chi connectivity index (χ0n) is 16.6. The van der Waals surface area contributed by atoms with Gasteiger partial charge in [-0.2, -0.15) is 0 Å². The van der Waals surface area contributed by atoms with E-state index in [1.54, 1.807) is 0 Å². The van der Waals surface area contributed by atoms with E-state index in [0.717, 1.165) is 12.8 Å². The topological polar surface area (TPSA) is 53.1 Å². The maximum absolute atomic E-state index is 13.8. The Morgan fingerprint density at radius 2 is 1.27 bits per heavy atom. The van der Waals surface area contributed by atoms with Crippen LogP contribution >= 0.6 is 0 Å². The van der Waals surface area contributed by atoms with Gasteiger partial charge in [0, 0.05) is 11.8 Å². The summed E-state index contributed by atoms with van der Waals surface area (Å²) in [5.41, 5.74) is 0.179. The summed E-state index contributed by atoms with van der Waals surface area (Å²) in [6.07, 6.45) is 21.7. The third kappa shape index (κ3) is 9.98. The fraction of sp³-hybridized carbons (Fsp3) is 0.773. The van der Waals surface area contributed by atoms with Gasteiger partial charge in [-0.25, -0.2) is 9.18 Å². The normalized spacial score (nSPS) is 11.2. The number of carboxylic acids is 1. The van der Waals surface area contributed by atoms with Crippen LogP contribution in [0.3, 0.4) is 0 Å². The van der Waals surface area contributed by atoms with Gasteiger partial charge in [-0.15, -0.1) is 0 Å². The Kier molecular flexibility index (Phi) is 12.9. The summed E-state index contributed by atoms with van der Waals surface area (Å²) in [5, 5.41) is 8.81. The lowest BCUT2D eigenvalue weighted by atomic mass is 10.0. The lowest BCUT2D eigenvalue weighted by Gasteiger charge is -2.03. The van der Waals surface area contributed by atoms with Crippen LogP contribution in [-0.2, 0) is 6.42 Å². The van der Waals surface area contributed by atoms with Gasteiger partial charge in [0.2, 0.25) is 0 Å². The summed E-state index contributed by atoms with van der Waals surface area (Å²) in [6.45, 7) is 2.26. The Morgan fingerprint density at radius 3 is 1.65 bits per heavy atom. The average molecular weight is 368 g/mol. The Balaban J connectivity index is 1.86. The molecule has 1 aromatic heterocycles. The van der Waals surface area contributed by atoms with Crippen molar-refractivity contribution in [2.45, 2.75) is 110 Å². The molecule has 0 atom stereocenters. The lowest BCUT2D eigenvalue weighted by molar-refractivity contribution is 0.0686. The van der Waals surface area contributed by atoms with E-state index in [2.05, 4.69) is 11.9 Å². The number of aromatic carboxylic acids is 1. The number of nitrogens with one attached hydrogen (secondary N) is 1. The number of rotatable bonds is 17. The predicted octanol–water partition coefficient (Wildman–Crippen LogP) is 7.27. The Labute approximate surface area is 158 Å². The van der Waals surface area contributed by atoms with Gasteiger partial charge >= 0.3 is 5.97 Å². The zero-order valence-corrected chi connectivity index (χ0v) is 16.6. The molecule has 0 saturated heterocycles. The second-order valence-electron chi connectivity index (χ2n) is 7.51. The Bertz CT molecular complexity index is 484. The third-order valence-corrected chi connectivity index (χ3v) is 5.16. The van der Waals surface area contributed by atoms with E-state index < -0.39 is 11.8 Å². The highest BCUT2D eigenvalue weighted by molar-refractivity contribution is 5.86. The standard InChI is InChI=1S/C22H38FNO2/c1-2-3-4-5-6-7-8-9-10-11-12-13-14-15-16-17-19-18-24-21(20(19)23)22(25)26/h18,24H,2-17H2,1H3,(H,25,26). The van der Waals surface area contributed by atoms with Gasteiger partial charge in [-0.1, -0.05) is 96.8 Å². The number of H-pyrrole nitrogens is 1. The number of aromatic amines is 1. The van der Waals surface area contributed by atoms with Gasteiger partial charge in [0.15, 0.2) is 11.5 Å². The van der Waals surface area contributed by atoms with E-state index in [4.69, 9.17) is 5.11 Å². The molecule has 1 aromatic rings. The van der Waals surface area contributed by atoms with Gasteiger partial charge in [-0.05, 0) is 12.8 Å². The number of carbonyl (C=O) groups is 1. The number of aryl methyl sites for hydroxylation is 1. The number of halogens is 1. The van der Waals surface area contributed by atoms with Crippen LogP contribution in [0.4, 0.5) is 4.39 Å². The van der Waals surface area contributed by atoms with Crippen LogP contribution in [0.15, 0.2) is 6.20 Å². The van der Waals surface area contributed by atoms with Gasteiger partial charge in [0.25, 0.3) is 0 Å². The smallest absolute Gasteiger partial charge is 0.355 e. The number of aromatic nitrogens is 1. The van der Waals surface area contributed by atoms with Crippen molar-refractivity contribution < 1.29 is 14.3 Å². The van der Waals surface area contributed by atoms with Gasteiger partial charge in [0.05, 0.1) is 0 Å². The maximum Gasteiger partial charge on any atom is 0.355 e. The van der Waals surface area contributed by atoms with Crippen molar-refractivity contribution in [1.29, 1.82) is 0 Å². The van der Waals surface area contributed by atoms with E-state index in [1.807, 2.05) is 0 Å². The molecule has 150 valence electrons. The molecule has 4 heteroatoms. The summed E-state index contributed by atoms with van der Waals surface area (Å²) in [5.74, 6) is -1.83. The molecule has 1 heterocycles. The molecule has 0 fully saturated rings. The lowest BCUT2D eigenvalue weighted by Crippen LogP contribution is -2.00. The van der Waals surface area contributed by atoms with Crippen LogP contribution in [0.2, 0.25) is 0 Å². The van der Waals surface area contributed by atoms with Crippen LogP contribution in [0.5, 0.6) is 0 Å². The third-order valence-electron chi connectivity index (χ3n) is 5.16.